The molecule has 1 aromatic carbocycles. The molecule has 1 rings (SSSR count). The zero-order valence-corrected chi connectivity index (χ0v) is 10.4. The highest BCUT2D eigenvalue weighted by molar-refractivity contribution is 5.72. The lowest BCUT2D eigenvalue weighted by molar-refractivity contribution is -0.118. The van der Waals surface area contributed by atoms with Crippen LogP contribution < -0.4 is 10.1 Å². The first-order chi connectivity index (χ1) is 7.56. The van der Waals surface area contributed by atoms with Crippen molar-refractivity contribution in [1.82, 2.24) is 5.32 Å². The molecule has 0 radical (unpaired) electrons. The van der Waals surface area contributed by atoms with Crippen LogP contribution >= 0.6 is 0 Å². The molecule has 0 bridgehead atoms. The maximum Gasteiger partial charge on any atom is 0.216 e. The van der Waals surface area contributed by atoms with Gasteiger partial charge in [0.1, 0.15) is 5.75 Å². The van der Waals surface area contributed by atoms with Gasteiger partial charge in [-0.15, -0.1) is 0 Å². The second-order valence-corrected chi connectivity index (χ2v) is 3.91. The minimum absolute atomic E-state index is 0.0166. The van der Waals surface area contributed by atoms with Gasteiger partial charge in [-0.05, 0) is 43.0 Å². The van der Waals surface area contributed by atoms with Crippen LogP contribution in [0.25, 0.3) is 0 Å². The number of carbonyl (C=O) groups is 1. The molecule has 0 saturated carbocycles. The van der Waals surface area contributed by atoms with E-state index >= 15 is 0 Å². The van der Waals surface area contributed by atoms with E-state index in [9.17, 15) is 4.79 Å². The van der Waals surface area contributed by atoms with Crippen LogP contribution in [0.4, 0.5) is 0 Å². The molecule has 0 spiro atoms. The summed E-state index contributed by atoms with van der Waals surface area (Å²) in [6, 6.07) is 4.04. The molecule has 0 aromatic heterocycles. The molecule has 0 saturated heterocycles. The van der Waals surface area contributed by atoms with Gasteiger partial charge in [-0.3, -0.25) is 4.79 Å². The molecule has 3 nitrogen and oxygen atoms in total. The molecule has 88 valence electrons. The smallest absolute Gasteiger partial charge is 0.216 e. The van der Waals surface area contributed by atoms with Crippen LogP contribution in [0.1, 0.15) is 23.6 Å². The minimum atomic E-state index is 0.0166. The number of hydrogen-bond donors (Lipinski definition) is 1. The molecule has 0 aliphatic carbocycles. The van der Waals surface area contributed by atoms with E-state index in [2.05, 4.69) is 25.2 Å². The van der Waals surface area contributed by atoms with Gasteiger partial charge < -0.3 is 10.1 Å². The van der Waals surface area contributed by atoms with Gasteiger partial charge in [0.2, 0.25) is 5.91 Å². The third-order valence-corrected chi connectivity index (χ3v) is 2.84. The first kappa shape index (κ1) is 12.6. The number of amides is 1. The standard InChI is InChI=1S/C13H19NO2/c1-9-10(2)13(16-4)6-5-12(9)7-8-14-11(3)15/h5-6H,7-8H2,1-4H3,(H,14,15). The highest BCUT2D eigenvalue weighted by atomic mass is 16.5. The molecule has 1 aromatic rings. The molecule has 3 heteroatoms. The summed E-state index contributed by atoms with van der Waals surface area (Å²) >= 11 is 0. The molecule has 1 N–H and O–H groups in total. The Morgan fingerprint density at radius 3 is 2.56 bits per heavy atom. The minimum Gasteiger partial charge on any atom is -0.496 e. The topological polar surface area (TPSA) is 38.3 Å². The summed E-state index contributed by atoms with van der Waals surface area (Å²) in [6.45, 7) is 6.35. The van der Waals surface area contributed by atoms with Gasteiger partial charge in [0.15, 0.2) is 0 Å². The molecule has 0 fully saturated rings. The van der Waals surface area contributed by atoms with Crippen LogP contribution in [0.15, 0.2) is 12.1 Å². The van der Waals surface area contributed by atoms with Gasteiger partial charge in [0.05, 0.1) is 7.11 Å². The SMILES string of the molecule is COc1ccc(CCNC(C)=O)c(C)c1C. The lowest BCUT2D eigenvalue weighted by atomic mass is 10.00. The van der Waals surface area contributed by atoms with Crippen LogP contribution in [0, 0.1) is 13.8 Å². The highest BCUT2D eigenvalue weighted by Crippen LogP contribution is 2.23. The van der Waals surface area contributed by atoms with Crippen LogP contribution in [-0.4, -0.2) is 19.6 Å². The summed E-state index contributed by atoms with van der Waals surface area (Å²) < 4.78 is 5.25. The quantitative estimate of drug-likeness (QED) is 0.844. The molecule has 0 aliphatic heterocycles. The Balaban J connectivity index is 2.74. The van der Waals surface area contributed by atoms with E-state index < -0.39 is 0 Å². The molecule has 0 heterocycles. The van der Waals surface area contributed by atoms with E-state index in [1.165, 1.54) is 23.6 Å². The number of benzene rings is 1. The zero-order chi connectivity index (χ0) is 12.1. The molecule has 0 unspecified atom stereocenters. The number of ether oxygens (including phenoxy) is 1. The number of nitrogens with one attached hydrogen (secondary N) is 1. The lowest BCUT2D eigenvalue weighted by Crippen LogP contribution is -2.22. The second kappa shape index (κ2) is 5.54. The van der Waals surface area contributed by atoms with Crippen LogP contribution in [0.2, 0.25) is 0 Å². The van der Waals surface area contributed by atoms with E-state index in [1.807, 2.05) is 6.07 Å². The van der Waals surface area contributed by atoms with Gasteiger partial charge in [-0.25, -0.2) is 0 Å². The Bertz CT molecular complexity index is 386. The van der Waals surface area contributed by atoms with Crippen molar-refractivity contribution in [2.24, 2.45) is 0 Å². The van der Waals surface area contributed by atoms with Crippen molar-refractivity contribution in [3.63, 3.8) is 0 Å². The van der Waals surface area contributed by atoms with Gasteiger partial charge in [0, 0.05) is 13.5 Å². The second-order valence-electron chi connectivity index (χ2n) is 3.91. The van der Waals surface area contributed by atoms with Crippen molar-refractivity contribution in [1.29, 1.82) is 0 Å². The van der Waals surface area contributed by atoms with Crippen molar-refractivity contribution in [2.75, 3.05) is 13.7 Å². The van der Waals surface area contributed by atoms with Crippen molar-refractivity contribution < 1.29 is 9.53 Å². The molecule has 1 amide bonds. The number of rotatable bonds is 4. The predicted octanol–water partition coefficient (Wildman–Crippen LogP) is 1.99. The molecule has 0 atom stereocenters. The Morgan fingerprint density at radius 2 is 2.00 bits per heavy atom. The monoisotopic (exact) mass is 221 g/mol. The van der Waals surface area contributed by atoms with Gasteiger partial charge in [-0.1, -0.05) is 6.07 Å². The van der Waals surface area contributed by atoms with Crippen molar-refractivity contribution >= 4 is 5.91 Å². The van der Waals surface area contributed by atoms with E-state index in [4.69, 9.17) is 4.74 Å². The number of methoxy groups -OCH3 is 1. The fourth-order valence-electron chi connectivity index (χ4n) is 1.72. The fraction of sp³-hybridized carbons (Fsp3) is 0.462. The van der Waals surface area contributed by atoms with E-state index in [-0.39, 0.29) is 5.91 Å². The van der Waals surface area contributed by atoms with E-state index in [0.29, 0.717) is 6.54 Å². The van der Waals surface area contributed by atoms with Gasteiger partial charge in [-0.2, -0.15) is 0 Å². The van der Waals surface area contributed by atoms with Crippen LogP contribution in [0.3, 0.4) is 0 Å². The summed E-state index contributed by atoms with van der Waals surface area (Å²) in [7, 11) is 1.68. The number of hydrogen-bond acceptors (Lipinski definition) is 2. The summed E-state index contributed by atoms with van der Waals surface area (Å²) in [6.07, 6.45) is 0.857. The third kappa shape index (κ3) is 2.99. The van der Waals surface area contributed by atoms with Crippen LogP contribution in [-0.2, 0) is 11.2 Å². The average Bonchev–Trinajstić information content (AvgIpc) is 2.24. The van der Waals surface area contributed by atoms with Crippen LogP contribution in [0.5, 0.6) is 5.75 Å². The van der Waals surface area contributed by atoms with Gasteiger partial charge in [0.25, 0.3) is 0 Å². The first-order valence-corrected chi connectivity index (χ1v) is 5.43. The van der Waals surface area contributed by atoms with E-state index in [0.717, 1.165) is 12.2 Å². The summed E-state index contributed by atoms with van der Waals surface area (Å²) in [5.74, 6) is 0.934. The zero-order valence-electron chi connectivity index (χ0n) is 10.4. The lowest BCUT2D eigenvalue weighted by Gasteiger charge is -2.12. The predicted molar refractivity (Wildman–Crippen MR) is 64.9 cm³/mol. The maximum atomic E-state index is 10.8. The van der Waals surface area contributed by atoms with E-state index in [1.54, 1.807) is 7.11 Å². The summed E-state index contributed by atoms with van der Waals surface area (Å²) in [5, 5.41) is 2.80. The van der Waals surface area contributed by atoms with Crippen molar-refractivity contribution in [3.05, 3.63) is 28.8 Å². The summed E-state index contributed by atoms with van der Waals surface area (Å²) in [5.41, 5.74) is 3.67. The normalized spacial score (nSPS) is 10.0. The maximum absolute atomic E-state index is 10.8. The number of carbonyl (C=O) groups excluding carboxylic acids is 1. The van der Waals surface area contributed by atoms with Gasteiger partial charge >= 0.3 is 0 Å². The molecular formula is C13H19NO2. The largest absolute Gasteiger partial charge is 0.496 e. The third-order valence-electron chi connectivity index (χ3n) is 2.84. The Labute approximate surface area is 96.8 Å². The van der Waals surface area contributed by atoms with Crippen molar-refractivity contribution in [3.8, 4) is 5.75 Å². The van der Waals surface area contributed by atoms with Crippen molar-refractivity contribution in [2.45, 2.75) is 27.2 Å². The Kier molecular flexibility index (Phi) is 4.35. The Hall–Kier alpha value is -1.51. The highest BCUT2D eigenvalue weighted by Gasteiger charge is 2.06. The fourth-order valence-corrected chi connectivity index (χ4v) is 1.72. The molecule has 16 heavy (non-hydrogen) atoms. The molecular weight excluding hydrogens is 202 g/mol. The Morgan fingerprint density at radius 1 is 1.31 bits per heavy atom. The summed E-state index contributed by atoms with van der Waals surface area (Å²) in [4.78, 5) is 10.8. The first-order valence-electron chi connectivity index (χ1n) is 5.43. The average molecular weight is 221 g/mol. The molecule has 0 aliphatic rings.